The molecule has 0 aliphatic carbocycles. The van der Waals surface area contributed by atoms with E-state index in [1.54, 1.807) is 0 Å². The van der Waals surface area contributed by atoms with Crippen LogP contribution in [0.4, 0.5) is 0 Å². The lowest BCUT2D eigenvalue weighted by molar-refractivity contribution is 0.750. The van der Waals surface area contributed by atoms with Gasteiger partial charge in [-0.15, -0.1) is 12.3 Å². The van der Waals surface area contributed by atoms with E-state index in [0.717, 1.165) is 5.56 Å². The highest BCUT2D eigenvalue weighted by Gasteiger charge is 2.08. The molecule has 1 rings (SSSR count). The van der Waals surface area contributed by atoms with Crippen molar-refractivity contribution in [3.63, 3.8) is 0 Å². The van der Waals surface area contributed by atoms with Gasteiger partial charge in [0.1, 0.15) is 6.04 Å². The van der Waals surface area contributed by atoms with Gasteiger partial charge in [0.05, 0.1) is 0 Å². The Bertz CT molecular complexity index is 286. The number of hydrogen-bond donors (Lipinski definition) is 0. The van der Waals surface area contributed by atoms with E-state index in [4.69, 9.17) is 6.42 Å². The Labute approximate surface area is 71.6 Å². The molecule has 0 aliphatic rings. The molecule has 2 nitrogen and oxygen atoms in total. The molecule has 0 aliphatic heterocycles. The minimum absolute atomic E-state index is 0.369. The van der Waals surface area contributed by atoms with Gasteiger partial charge in [-0.3, -0.25) is 0 Å². The van der Waals surface area contributed by atoms with Gasteiger partial charge in [-0.1, -0.05) is 35.5 Å². The average molecular weight is 159 g/mol. The van der Waals surface area contributed by atoms with Crippen LogP contribution in [0.15, 0.2) is 35.5 Å². The standard InChI is InChI=1S/C10H9NO/c1-2-6-10(11-12)9-7-4-3-5-8-9/h1,3-5,7-8,10H,6H2. The van der Waals surface area contributed by atoms with E-state index in [9.17, 15) is 4.91 Å². The van der Waals surface area contributed by atoms with Crippen molar-refractivity contribution >= 4 is 0 Å². The quantitative estimate of drug-likeness (QED) is 0.492. The van der Waals surface area contributed by atoms with E-state index < -0.39 is 6.04 Å². The summed E-state index contributed by atoms with van der Waals surface area (Å²) in [5, 5.41) is 2.96. The Morgan fingerprint density at radius 2 is 2.08 bits per heavy atom. The molecule has 0 heterocycles. The third-order valence-corrected chi connectivity index (χ3v) is 1.62. The number of nitrogens with zero attached hydrogens (tertiary/aromatic N) is 1. The fraction of sp³-hybridized carbons (Fsp3) is 0.200. The molecule has 2 heteroatoms. The SMILES string of the molecule is C#CCC(N=O)c1ccccc1. The first-order valence-corrected chi connectivity index (χ1v) is 3.69. The molecule has 0 spiro atoms. The van der Waals surface area contributed by atoms with Crippen molar-refractivity contribution in [1.29, 1.82) is 0 Å². The molecular formula is C10H9NO. The van der Waals surface area contributed by atoms with Gasteiger partial charge < -0.3 is 0 Å². The van der Waals surface area contributed by atoms with Crippen LogP contribution in [0.3, 0.4) is 0 Å². The number of nitroso groups, excluding NO2 is 1. The lowest BCUT2D eigenvalue weighted by Gasteiger charge is -2.03. The highest BCUT2D eigenvalue weighted by molar-refractivity contribution is 5.20. The number of terminal acetylenes is 1. The van der Waals surface area contributed by atoms with Crippen molar-refractivity contribution < 1.29 is 0 Å². The van der Waals surface area contributed by atoms with Crippen LogP contribution in [0.5, 0.6) is 0 Å². The molecule has 1 unspecified atom stereocenters. The summed E-state index contributed by atoms with van der Waals surface area (Å²) in [6, 6.07) is 8.93. The summed E-state index contributed by atoms with van der Waals surface area (Å²) in [5.41, 5.74) is 0.880. The molecule has 0 radical (unpaired) electrons. The van der Waals surface area contributed by atoms with E-state index >= 15 is 0 Å². The Kier molecular flexibility index (Phi) is 3.04. The Morgan fingerprint density at radius 1 is 1.42 bits per heavy atom. The monoisotopic (exact) mass is 159 g/mol. The predicted octanol–water partition coefficient (Wildman–Crippen LogP) is 2.52. The van der Waals surface area contributed by atoms with Crippen LogP contribution in [0.2, 0.25) is 0 Å². The fourth-order valence-corrected chi connectivity index (χ4v) is 1.00. The molecule has 12 heavy (non-hydrogen) atoms. The molecular weight excluding hydrogens is 150 g/mol. The first-order valence-electron chi connectivity index (χ1n) is 3.69. The number of benzene rings is 1. The van der Waals surface area contributed by atoms with Gasteiger partial charge in [0.25, 0.3) is 0 Å². The van der Waals surface area contributed by atoms with E-state index in [1.165, 1.54) is 0 Å². The Hall–Kier alpha value is -1.62. The molecule has 0 saturated carbocycles. The maximum atomic E-state index is 10.3. The summed E-state index contributed by atoms with van der Waals surface area (Å²) in [6.07, 6.45) is 5.46. The normalized spacial score (nSPS) is 11.6. The van der Waals surface area contributed by atoms with Crippen molar-refractivity contribution in [1.82, 2.24) is 0 Å². The van der Waals surface area contributed by atoms with Crippen LogP contribution in [0.1, 0.15) is 18.0 Å². The minimum atomic E-state index is -0.392. The van der Waals surface area contributed by atoms with Crippen molar-refractivity contribution in [2.45, 2.75) is 12.5 Å². The molecule has 0 amide bonds. The summed E-state index contributed by atoms with van der Waals surface area (Å²) in [4.78, 5) is 10.3. The van der Waals surface area contributed by atoms with Crippen molar-refractivity contribution in [2.75, 3.05) is 0 Å². The zero-order valence-corrected chi connectivity index (χ0v) is 6.60. The van der Waals surface area contributed by atoms with Crippen LogP contribution < -0.4 is 0 Å². The summed E-state index contributed by atoms with van der Waals surface area (Å²) < 4.78 is 0. The molecule has 1 aromatic rings. The maximum Gasteiger partial charge on any atom is 0.128 e. The lowest BCUT2D eigenvalue weighted by atomic mass is 10.1. The molecule has 60 valence electrons. The predicted molar refractivity (Wildman–Crippen MR) is 48.4 cm³/mol. The third kappa shape index (κ3) is 1.93. The van der Waals surface area contributed by atoms with E-state index in [-0.39, 0.29) is 0 Å². The zero-order valence-electron chi connectivity index (χ0n) is 6.60. The average Bonchev–Trinajstić information content (AvgIpc) is 2.15. The Balaban J connectivity index is 2.81. The highest BCUT2D eigenvalue weighted by Crippen LogP contribution is 2.19. The maximum absolute atomic E-state index is 10.3. The largest absolute Gasteiger partial charge is 0.150 e. The van der Waals surface area contributed by atoms with E-state index in [1.807, 2.05) is 30.3 Å². The highest BCUT2D eigenvalue weighted by atomic mass is 16.3. The van der Waals surface area contributed by atoms with Gasteiger partial charge in [0.2, 0.25) is 0 Å². The topological polar surface area (TPSA) is 29.4 Å². The van der Waals surface area contributed by atoms with E-state index in [0.29, 0.717) is 6.42 Å². The van der Waals surface area contributed by atoms with Gasteiger partial charge in [-0.2, -0.15) is 4.91 Å². The summed E-state index contributed by atoms with van der Waals surface area (Å²) in [7, 11) is 0. The number of hydrogen-bond acceptors (Lipinski definition) is 2. The first kappa shape index (κ1) is 8.48. The lowest BCUT2D eigenvalue weighted by Crippen LogP contribution is -1.91. The molecule has 0 N–H and O–H groups in total. The second kappa shape index (κ2) is 4.30. The van der Waals surface area contributed by atoms with Gasteiger partial charge >= 0.3 is 0 Å². The second-order valence-corrected chi connectivity index (χ2v) is 2.44. The molecule has 0 aromatic heterocycles. The van der Waals surface area contributed by atoms with Crippen molar-refractivity contribution in [3.05, 3.63) is 40.8 Å². The first-order chi connectivity index (χ1) is 5.88. The fourth-order valence-electron chi connectivity index (χ4n) is 1.00. The molecule has 0 bridgehead atoms. The Morgan fingerprint density at radius 3 is 2.58 bits per heavy atom. The minimum Gasteiger partial charge on any atom is -0.150 e. The van der Waals surface area contributed by atoms with Gasteiger partial charge in [0, 0.05) is 6.42 Å². The van der Waals surface area contributed by atoms with Gasteiger partial charge in [-0.05, 0) is 5.56 Å². The number of rotatable bonds is 3. The summed E-state index contributed by atoms with van der Waals surface area (Å²) in [6.45, 7) is 0. The van der Waals surface area contributed by atoms with Crippen LogP contribution in [-0.4, -0.2) is 0 Å². The third-order valence-electron chi connectivity index (χ3n) is 1.62. The van der Waals surface area contributed by atoms with Crippen LogP contribution in [-0.2, 0) is 0 Å². The van der Waals surface area contributed by atoms with Crippen LogP contribution >= 0.6 is 0 Å². The zero-order chi connectivity index (χ0) is 8.81. The summed E-state index contributed by atoms with van der Waals surface area (Å²) in [5.74, 6) is 2.42. The van der Waals surface area contributed by atoms with Gasteiger partial charge in [-0.25, -0.2) is 0 Å². The van der Waals surface area contributed by atoms with Crippen molar-refractivity contribution in [2.24, 2.45) is 5.18 Å². The van der Waals surface area contributed by atoms with Crippen molar-refractivity contribution in [3.8, 4) is 12.3 Å². The molecule has 0 saturated heterocycles. The van der Waals surface area contributed by atoms with Crippen LogP contribution in [0, 0.1) is 17.3 Å². The molecule has 1 atom stereocenters. The van der Waals surface area contributed by atoms with E-state index in [2.05, 4.69) is 11.1 Å². The second-order valence-electron chi connectivity index (χ2n) is 2.44. The smallest absolute Gasteiger partial charge is 0.128 e. The molecule has 0 fully saturated rings. The summed E-state index contributed by atoms with van der Waals surface area (Å²) >= 11 is 0. The van der Waals surface area contributed by atoms with Gasteiger partial charge in [0.15, 0.2) is 0 Å². The molecule has 1 aromatic carbocycles. The van der Waals surface area contributed by atoms with Crippen LogP contribution in [0.25, 0.3) is 0 Å².